The van der Waals surface area contributed by atoms with Crippen LogP contribution in [0.1, 0.15) is 45.0 Å². The summed E-state index contributed by atoms with van der Waals surface area (Å²) in [6.07, 6.45) is 2.53. The molecule has 6 nitrogen and oxygen atoms in total. The van der Waals surface area contributed by atoms with Gasteiger partial charge in [-0.05, 0) is 20.3 Å². The number of methoxy groups -OCH3 is 2. The third-order valence-corrected chi connectivity index (χ3v) is 3.06. The zero-order valence-corrected chi connectivity index (χ0v) is 11.8. The zero-order valence-electron chi connectivity index (χ0n) is 11.8. The largest absolute Gasteiger partial charge is 0.493 e. The Kier molecular flexibility index (Phi) is 5.58. The van der Waals surface area contributed by atoms with Crippen molar-refractivity contribution in [2.45, 2.75) is 45.4 Å². The van der Waals surface area contributed by atoms with Crippen molar-refractivity contribution in [3.63, 3.8) is 0 Å². The van der Waals surface area contributed by atoms with Crippen LogP contribution >= 0.6 is 0 Å². The molecule has 18 heavy (non-hydrogen) atoms. The Morgan fingerprint density at radius 2 is 2.11 bits per heavy atom. The summed E-state index contributed by atoms with van der Waals surface area (Å²) in [7, 11) is 3.31. The Bertz CT molecular complexity index is 361. The average molecular weight is 256 g/mol. The van der Waals surface area contributed by atoms with Crippen molar-refractivity contribution < 1.29 is 9.47 Å². The molecule has 0 spiro atoms. The molecule has 0 aliphatic carbocycles. The Balaban J connectivity index is 3.21. The summed E-state index contributed by atoms with van der Waals surface area (Å²) in [6, 6.07) is 0.0777. The van der Waals surface area contributed by atoms with Crippen molar-refractivity contribution in [2.24, 2.45) is 5.84 Å². The number of hydrogen-bond donors (Lipinski definition) is 2. The number of hydrogen-bond acceptors (Lipinski definition) is 5. The molecule has 0 saturated carbocycles. The predicted octanol–water partition coefficient (Wildman–Crippen LogP) is 1.40. The van der Waals surface area contributed by atoms with E-state index in [-0.39, 0.29) is 18.2 Å². The summed E-state index contributed by atoms with van der Waals surface area (Å²) in [5.41, 5.74) is 3.73. The Morgan fingerprint density at radius 1 is 1.44 bits per heavy atom. The summed E-state index contributed by atoms with van der Waals surface area (Å²) in [6.45, 7) is 6.19. The lowest BCUT2D eigenvalue weighted by Crippen LogP contribution is -2.39. The van der Waals surface area contributed by atoms with E-state index in [0.717, 1.165) is 17.9 Å². The van der Waals surface area contributed by atoms with Crippen LogP contribution in [-0.2, 0) is 4.74 Å². The normalized spacial score (nSPS) is 14.8. The van der Waals surface area contributed by atoms with Crippen LogP contribution in [0.25, 0.3) is 0 Å². The summed E-state index contributed by atoms with van der Waals surface area (Å²) >= 11 is 0. The van der Waals surface area contributed by atoms with Crippen LogP contribution < -0.4 is 16.0 Å². The third kappa shape index (κ3) is 2.82. The number of nitrogens with two attached hydrogens (primary N) is 1. The molecule has 0 aliphatic rings. The molecule has 1 rings (SSSR count). The van der Waals surface area contributed by atoms with Crippen LogP contribution in [0.2, 0.25) is 0 Å². The highest BCUT2D eigenvalue weighted by molar-refractivity contribution is 5.29. The molecule has 2 atom stereocenters. The predicted molar refractivity (Wildman–Crippen MR) is 70.3 cm³/mol. The van der Waals surface area contributed by atoms with E-state index < -0.39 is 0 Å². The number of aromatic nitrogens is 2. The average Bonchev–Trinajstić information content (AvgIpc) is 2.79. The Hall–Kier alpha value is -1.11. The second-order valence-electron chi connectivity index (χ2n) is 4.46. The van der Waals surface area contributed by atoms with Gasteiger partial charge in [0.1, 0.15) is 5.69 Å². The fourth-order valence-corrected chi connectivity index (χ4v) is 2.12. The van der Waals surface area contributed by atoms with E-state index in [1.807, 2.05) is 4.68 Å². The molecule has 0 aromatic carbocycles. The Labute approximate surface area is 108 Å². The van der Waals surface area contributed by atoms with Gasteiger partial charge in [0.2, 0.25) is 0 Å². The molecule has 104 valence electrons. The second kappa shape index (κ2) is 6.72. The van der Waals surface area contributed by atoms with Crippen LogP contribution in [0.4, 0.5) is 0 Å². The lowest BCUT2D eigenvalue weighted by atomic mass is 10.0. The molecule has 0 aliphatic heterocycles. The summed E-state index contributed by atoms with van der Waals surface area (Å²) in [5, 5.41) is 4.35. The lowest BCUT2D eigenvalue weighted by molar-refractivity contribution is 0.0609. The standard InChI is InChI=1S/C12H24N4O2/c1-6-9(17-4)11(15-13)12-10(18-5)7-14-16(12)8(2)3/h7-9,11,15H,6,13H2,1-5H3. The zero-order chi connectivity index (χ0) is 13.7. The Morgan fingerprint density at radius 3 is 2.50 bits per heavy atom. The first-order valence-electron chi connectivity index (χ1n) is 6.20. The van der Waals surface area contributed by atoms with E-state index in [2.05, 4.69) is 31.3 Å². The van der Waals surface area contributed by atoms with E-state index in [1.54, 1.807) is 20.4 Å². The molecule has 0 amide bonds. The van der Waals surface area contributed by atoms with Crippen molar-refractivity contribution in [2.75, 3.05) is 14.2 Å². The molecule has 6 heteroatoms. The van der Waals surface area contributed by atoms with Crippen molar-refractivity contribution >= 4 is 0 Å². The van der Waals surface area contributed by atoms with Gasteiger partial charge in [-0.15, -0.1) is 0 Å². The van der Waals surface area contributed by atoms with Crippen molar-refractivity contribution in [3.05, 3.63) is 11.9 Å². The molecule has 0 saturated heterocycles. The molecule has 3 N–H and O–H groups in total. The molecule has 2 unspecified atom stereocenters. The highest BCUT2D eigenvalue weighted by Crippen LogP contribution is 2.30. The topological polar surface area (TPSA) is 74.3 Å². The van der Waals surface area contributed by atoms with Gasteiger partial charge in [-0.3, -0.25) is 10.5 Å². The fraction of sp³-hybridized carbons (Fsp3) is 0.750. The minimum absolute atomic E-state index is 0.0295. The van der Waals surface area contributed by atoms with E-state index in [4.69, 9.17) is 15.3 Å². The van der Waals surface area contributed by atoms with E-state index >= 15 is 0 Å². The quantitative estimate of drug-likeness (QED) is 0.570. The van der Waals surface area contributed by atoms with Crippen molar-refractivity contribution in [1.82, 2.24) is 15.2 Å². The molecule has 0 bridgehead atoms. The monoisotopic (exact) mass is 256 g/mol. The molecule has 0 radical (unpaired) electrons. The summed E-state index contributed by atoms with van der Waals surface area (Å²) in [4.78, 5) is 0. The molecule has 1 heterocycles. The third-order valence-electron chi connectivity index (χ3n) is 3.06. The van der Waals surface area contributed by atoms with Crippen molar-refractivity contribution in [3.8, 4) is 5.75 Å². The summed E-state index contributed by atoms with van der Waals surface area (Å²) in [5.74, 6) is 6.41. The number of nitrogens with one attached hydrogen (secondary N) is 1. The molecule has 0 fully saturated rings. The maximum absolute atomic E-state index is 5.68. The van der Waals surface area contributed by atoms with Crippen molar-refractivity contribution in [1.29, 1.82) is 0 Å². The van der Waals surface area contributed by atoms with E-state index in [9.17, 15) is 0 Å². The maximum Gasteiger partial charge on any atom is 0.161 e. The van der Waals surface area contributed by atoms with Crippen LogP contribution in [0.15, 0.2) is 6.20 Å². The van der Waals surface area contributed by atoms with Gasteiger partial charge in [0.25, 0.3) is 0 Å². The van der Waals surface area contributed by atoms with Gasteiger partial charge >= 0.3 is 0 Å². The van der Waals surface area contributed by atoms with Gasteiger partial charge in [-0.2, -0.15) is 5.10 Å². The molecular formula is C12H24N4O2. The van der Waals surface area contributed by atoms with Crippen LogP contribution in [-0.4, -0.2) is 30.1 Å². The number of nitrogens with zero attached hydrogens (tertiary/aromatic N) is 2. The van der Waals surface area contributed by atoms with Crippen LogP contribution in [0, 0.1) is 0 Å². The van der Waals surface area contributed by atoms with E-state index in [1.165, 1.54) is 0 Å². The van der Waals surface area contributed by atoms with Gasteiger partial charge in [0.15, 0.2) is 5.75 Å². The van der Waals surface area contributed by atoms with Gasteiger partial charge in [0, 0.05) is 13.2 Å². The lowest BCUT2D eigenvalue weighted by Gasteiger charge is -2.26. The van der Waals surface area contributed by atoms with Gasteiger partial charge < -0.3 is 9.47 Å². The molecular weight excluding hydrogens is 232 g/mol. The number of ether oxygens (including phenoxy) is 2. The SMILES string of the molecule is CCC(OC)C(NN)c1c(OC)cnn1C(C)C. The minimum Gasteiger partial charge on any atom is -0.493 e. The van der Waals surface area contributed by atoms with Gasteiger partial charge in [-0.1, -0.05) is 6.92 Å². The molecule has 1 aromatic rings. The fourth-order valence-electron chi connectivity index (χ4n) is 2.12. The van der Waals surface area contributed by atoms with E-state index in [0.29, 0.717) is 0 Å². The molecule has 1 aromatic heterocycles. The number of hydrazine groups is 1. The first-order chi connectivity index (χ1) is 8.60. The smallest absolute Gasteiger partial charge is 0.161 e. The number of rotatable bonds is 7. The first-order valence-corrected chi connectivity index (χ1v) is 6.20. The maximum atomic E-state index is 5.68. The second-order valence-corrected chi connectivity index (χ2v) is 4.46. The first kappa shape index (κ1) is 14.9. The highest BCUT2D eigenvalue weighted by atomic mass is 16.5. The van der Waals surface area contributed by atoms with Gasteiger partial charge in [0.05, 0.1) is 25.5 Å². The summed E-state index contributed by atoms with van der Waals surface area (Å²) < 4.78 is 12.7. The highest BCUT2D eigenvalue weighted by Gasteiger charge is 2.28. The van der Waals surface area contributed by atoms with Crippen LogP contribution in [0.5, 0.6) is 5.75 Å². The van der Waals surface area contributed by atoms with Gasteiger partial charge in [-0.25, -0.2) is 5.43 Å². The van der Waals surface area contributed by atoms with Crippen LogP contribution in [0.3, 0.4) is 0 Å². The minimum atomic E-state index is -0.153.